The lowest BCUT2D eigenvalue weighted by Crippen LogP contribution is -2.37. The normalized spacial score (nSPS) is 15.8. The standard InChI is InChI=1S/C17H20F3N3O/c1-12-7-16(17(18,19)20)21-23(12)15-5-3-13(4-6-15)8-22(2)9-14-10-24-11-14/h3-7,14H,8-11H2,1-2H3. The second kappa shape index (κ2) is 6.57. The van der Waals surface area contributed by atoms with Crippen molar-refractivity contribution >= 4 is 0 Å². The van der Waals surface area contributed by atoms with E-state index >= 15 is 0 Å². The molecule has 1 aromatic carbocycles. The third-order valence-corrected chi connectivity index (χ3v) is 4.09. The third kappa shape index (κ3) is 3.79. The molecular formula is C17H20F3N3O. The van der Waals surface area contributed by atoms with Crippen LogP contribution in [-0.4, -0.2) is 41.5 Å². The molecule has 1 aromatic heterocycles. The average Bonchev–Trinajstić information content (AvgIpc) is 2.86. The molecule has 2 aromatic rings. The van der Waals surface area contributed by atoms with Crippen LogP contribution in [0.25, 0.3) is 5.69 Å². The predicted octanol–water partition coefficient (Wildman–Crippen LogP) is 3.28. The molecule has 2 heterocycles. The fraction of sp³-hybridized carbons (Fsp3) is 0.471. The molecule has 7 heteroatoms. The predicted molar refractivity (Wildman–Crippen MR) is 83.9 cm³/mol. The number of rotatable bonds is 5. The van der Waals surface area contributed by atoms with Gasteiger partial charge in [0.2, 0.25) is 0 Å². The van der Waals surface area contributed by atoms with E-state index in [2.05, 4.69) is 17.0 Å². The molecule has 4 nitrogen and oxygen atoms in total. The Bertz CT molecular complexity index is 690. The molecular weight excluding hydrogens is 319 g/mol. The van der Waals surface area contributed by atoms with Crippen molar-refractivity contribution in [3.05, 3.63) is 47.3 Å². The summed E-state index contributed by atoms with van der Waals surface area (Å²) in [6.07, 6.45) is -4.43. The number of aromatic nitrogens is 2. The van der Waals surface area contributed by atoms with Gasteiger partial charge in [0.25, 0.3) is 0 Å². The van der Waals surface area contributed by atoms with E-state index in [4.69, 9.17) is 4.74 Å². The van der Waals surface area contributed by atoms with Crippen LogP contribution in [0.2, 0.25) is 0 Å². The molecule has 24 heavy (non-hydrogen) atoms. The van der Waals surface area contributed by atoms with E-state index < -0.39 is 11.9 Å². The largest absolute Gasteiger partial charge is 0.435 e. The summed E-state index contributed by atoms with van der Waals surface area (Å²) in [6.45, 7) is 5.04. The van der Waals surface area contributed by atoms with Gasteiger partial charge in [0.1, 0.15) is 0 Å². The minimum atomic E-state index is -4.43. The van der Waals surface area contributed by atoms with Crippen molar-refractivity contribution in [3.8, 4) is 5.69 Å². The zero-order valence-corrected chi connectivity index (χ0v) is 13.7. The lowest BCUT2D eigenvalue weighted by molar-refractivity contribution is -0.141. The number of alkyl halides is 3. The van der Waals surface area contributed by atoms with Crippen LogP contribution in [0.5, 0.6) is 0 Å². The molecule has 0 bridgehead atoms. The lowest BCUT2D eigenvalue weighted by atomic mass is 10.1. The van der Waals surface area contributed by atoms with E-state index in [1.807, 2.05) is 12.1 Å². The first-order chi connectivity index (χ1) is 11.3. The van der Waals surface area contributed by atoms with E-state index in [1.54, 1.807) is 19.1 Å². The van der Waals surface area contributed by atoms with Gasteiger partial charge in [-0.2, -0.15) is 18.3 Å². The quantitative estimate of drug-likeness (QED) is 0.837. The molecule has 0 aliphatic carbocycles. The van der Waals surface area contributed by atoms with E-state index in [-0.39, 0.29) is 0 Å². The lowest BCUT2D eigenvalue weighted by Gasteiger charge is -2.30. The van der Waals surface area contributed by atoms with E-state index in [0.29, 0.717) is 17.3 Å². The van der Waals surface area contributed by atoms with Crippen molar-refractivity contribution in [2.75, 3.05) is 26.8 Å². The molecule has 0 saturated carbocycles. The summed E-state index contributed by atoms with van der Waals surface area (Å²) in [4.78, 5) is 2.23. The highest BCUT2D eigenvalue weighted by Gasteiger charge is 2.34. The number of hydrogen-bond acceptors (Lipinski definition) is 3. The van der Waals surface area contributed by atoms with Gasteiger partial charge in [-0.25, -0.2) is 4.68 Å². The van der Waals surface area contributed by atoms with E-state index in [9.17, 15) is 13.2 Å². The molecule has 1 aliphatic rings. The van der Waals surface area contributed by atoms with Crippen LogP contribution in [-0.2, 0) is 17.5 Å². The van der Waals surface area contributed by atoms with Crippen LogP contribution in [0.3, 0.4) is 0 Å². The molecule has 0 unspecified atom stereocenters. The summed E-state index contributed by atoms with van der Waals surface area (Å²) in [5, 5.41) is 3.67. The molecule has 130 valence electrons. The Hall–Kier alpha value is -1.86. The maximum Gasteiger partial charge on any atom is 0.435 e. The Labute approximate surface area is 138 Å². The smallest absolute Gasteiger partial charge is 0.381 e. The SMILES string of the molecule is Cc1cc(C(F)(F)F)nn1-c1ccc(CN(C)CC2COC2)cc1. The van der Waals surface area contributed by atoms with Crippen molar-refractivity contribution < 1.29 is 17.9 Å². The van der Waals surface area contributed by atoms with Gasteiger partial charge in [-0.3, -0.25) is 0 Å². The highest BCUT2D eigenvalue weighted by Crippen LogP contribution is 2.29. The van der Waals surface area contributed by atoms with Crippen molar-refractivity contribution in [2.24, 2.45) is 5.92 Å². The monoisotopic (exact) mass is 339 g/mol. The van der Waals surface area contributed by atoms with Crippen LogP contribution < -0.4 is 0 Å². The van der Waals surface area contributed by atoms with Gasteiger partial charge in [0.05, 0.1) is 18.9 Å². The topological polar surface area (TPSA) is 30.3 Å². The van der Waals surface area contributed by atoms with Crippen LogP contribution in [0.15, 0.2) is 30.3 Å². The number of halogens is 3. The zero-order valence-electron chi connectivity index (χ0n) is 13.7. The number of benzene rings is 1. The Morgan fingerprint density at radius 1 is 1.25 bits per heavy atom. The summed E-state index contributed by atoms with van der Waals surface area (Å²) in [5.74, 6) is 0.599. The van der Waals surface area contributed by atoms with Crippen LogP contribution in [0, 0.1) is 12.8 Å². The summed E-state index contributed by atoms with van der Waals surface area (Å²) in [7, 11) is 2.06. The van der Waals surface area contributed by atoms with Gasteiger partial charge < -0.3 is 9.64 Å². The highest BCUT2D eigenvalue weighted by atomic mass is 19.4. The zero-order chi connectivity index (χ0) is 17.3. The number of ether oxygens (including phenoxy) is 1. The molecule has 0 N–H and O–H groups in total. The number of hydrogen-bond donors (Lipinski definition) is 0. The Morgan fingerprint density at radius 2 is 1.92 bits per heavy atom. The Morgan fingerprint density at radius 3 is 2.42 bits per heavy atom. The first-order valence-electron chi connectivity index (χ1n) is 7.82. The van der Waals surface area contributed by atoms with Crippen LogP contribution in [0.1, 0.15) is 17.0 Å². The molecule has 1 saturated heterocycles. The summed E-state index contributed by atoms with van der Waals surface area (Å²) >= 11 is 0. The molecule has 1 aliphatic heterocycles. The highest BCUT2D eigenvalue weighted by molar-refractivity contribution is 5.36. The van der Waals surface area contributed by atoms with Crippen molar-refractivity contribution in [1.82, 2.24) is 14.7 Å². The molecule has 3 rings (SSSR count). The second-order valence-electron chi connectivity index (χ2n) is 6.35. The van der Waals surface area contributed by atoms with Crippen molar-refractivity contribution in [1.29, 1.82) is 0 Å². The first-order valence-corrected chi connectivity index (χ1v) is 7.82. The van der Waals surface area contributed by atoms with Gasteiger partial charge in [-0.05, 0) is 37.7 Å². The molecule has 0 atom stereocenters. The minimum Gasteiger partial charge on any atom is -0.381 e. The third-order valence-electron chi connectivity index (χ3n) is 4.09. The maximum atomic E-state index is 12.8. The summed E-state index contributed by atoms with van der Waals surface area (Å²) < 4.78 is 44.7. The van der Waals surface area contributed by atoms with E-state index in [0.717, 1.165) is 37.9 Å². The van der Waals surface area contributed by atoms with Gasteiger partial charge in [-0.1, -0.05) is 12.1 Å². The fourth-order valence-corrected chi connectivity index (χ4v) is 2.82. The van der Waals surface area contributed by atoms with Gasteiger partial charge in [0, 0.05) is 24.7 Å². The van der Waals surface area contributed by atoms with E-state index in [1.165, 1.54) is 4.68 Å². The van der Waals surface area contributed by atoms with Gasteiger partial charge >= 0.3 is 6.18 Å². The second-order valence-corrected chi connectivity index (χ2v) is 6.35. The molecule has 0 spiro atoms. The van der Waals surface area contributed by atoms with Gasteiger partial charge in [0.15, 0.2) is 5.69 Å². The number of aryl methyl sites for hydroxylation is 1. The van der Waals surface area contributed by atoms with Crippen molar-refractivity contribution in [3.63, 3.8) is 0 Å². The van der Waals surface area contributed by atoms with Crippen molar-refractivity contribution in [2.45, 2.75) is 19.6 Å². The Kier molecular flexibility index (Phi) is 4.64. The van der Waals surface area contributed by atoms with Gasteiger partial charge in [-0.15, -0.1) is 0 Å². The maximum absolute atomic E-state index is 12.8. The van der Waals surface area contributed by atoms with Crippen LogP contribution in [0.4, 0.5) is 13.2 Å². The number of nitrogens with zero attached hydrogens (tertiary/aromatic N) is 3. The average molecular weight is 339 g/mol. The molecule has 0 amide bonds. The first kappa shape index (κ1) is 17.0. The van der Waals surface area contributed by atoms with Crippen LogP contribution >= 0.6 is 0 Å². The molecule has 1 fully saturated rings. The summed E-state index contributed by atoms with van der Waals surface area (Å²) in [6, 6.07) is 8.52. The minimum absolute atomic E-state index is 0.456. The Balaban J connectivity index is 1.69. The molecule has 0 radical (unpaired) electrons. The summed E-state index contributed by atoms with van der Waals surface area (Å²) in [5.41, 5.74) is 1.33. The fourth-order valence-electron chi connectivity index (χ4n) is 2.82.